The largest absolute Gasteiger partial charge is 0.488 e. The minimum Gasteiger partial charge on any atom is -0.488 e. The van der Waals surface area contributed by atoms with Crippen LogP contribution in [-0.2, 0) is 28.5 Å². The van der Waals surface area contributed by atoms with Crippen molar-refractivity contribution in [2.45, 2.75) is 144 Å². The molecule has 0 bridgehead atoms. The number of rotatable bonds is 28. The van der Waals surface area contributed by atoms with Crippen LogP contribution in [0, 0.1) is 13.8 Å². The van der Waals surface area contributed by atoms with E-state index in [1.807, 2.05) is 0 Å². The molecule has 0 radical (unpaired) electrons. The zero-order valence-electron chi connectivity index (χ0n) is 33.0. The van der Waals surface area contributed by atoms with E-state index in [4.69, 9.17) is 28.4 Å². The van der Waals surface area contributed by atoms with Gasteiger partial charge in [-0.3, -0.25) is 9.59 Å². The van der Waals surface area contributed by atoms with Crippen LogP contribution in [0.5, 0.6) is 11.5 Å². The normalized spacial score (nSPS) is 12.6. The summed E-state index contributed by atoms with van der Waals surface area (Å²) in [6.45, 7) is 14.8. The first-order valence-corrected chi connectivity index (χ1v) is 20.1. The number of fused-ring (bicyclic) bond motifs is 2. The van der Waals surface area contributed by atoms with E-state index in [1.165, 1.54) is 0 Å². The summed E-state index contributed by atoms with van der Waals surface area (Å²) >= 11 is 0. The Morgan fingerprint density at radius 3 is 1.27 bits per heavy atom. The molecule has 0 aromatic heterocycles. The summed E-state index contributed by atoms with van der Waals surface area (Å²) in [6.07, 6.45) is 11.7. The van der Waals surface area contributed by atoms with Gasteiger partial charge in [-0.15, -0.1) is 0 Å². The van der Waals surface area contributed by atoms with Crippen molar-refractivity contribution in [3.8, 4) is 11.5 Å². The average molecular weight is 723 g/mol. The minimum absolute atomic E-state index is 0.158. The molecule has 0 aliphatic rings. The minimum atomic E-state index is -0.544. The van der Waals surface area contributed by atoms with Gasteiger partial charge in [0.15, 0.2) is 12.2 Å². The summed E-state index contributed by atoms with van der Waals surface area (Å²) in [5.41, 5.74) is 2.15. The third-order valence-corrected chi connectivity index (χ3v) is 9.11. The predicted molar refractivity (Wildman–Crippen MR) is 211 cm³/mol. The number of hydrogen-bond acceptors (Lipinski definition) is 8. The van der Waals surface area contributed by atoms with Crippen molar-refractivity contribution in [3.63, 3.8) is 0 Å². The molecular weight excluding hydrogens is 656 g/mol. The predicted octanol–water partition coefficient (Wildman–Crippen LogP) is 10.8. The highest BCUT2D eigenvalue weighted by atomic mass is 16.6. The summed E-state index contributed by atoms with van der Waals surface area (Å²) in [5, 5.41) is 3.57. The van der Waals surface area contributed by atoms with Gasteiger partial charge in [0, 0.05) is 47.6 Å². The fourth-order valence-corrected chi connectivity index (χ4v) is 6.14. The second-order valence-electron chi connectivity index (χ2n) is 14.1. The van der Waals surface area contributed by atoms with Crippen LogP contribution >= 0.6 is 0 Å². The van der Waals surface area contributed by atoms with E-state index in [-0.39, 0.29) is 38.4 Å². The van der Waals surface area contributed by atoms with Crippen LogP contribution in [0.2, 0.25) is 0 Å². The van der Waals surface area contributed by atoms with Crippen molar-refractivity contribution < 1.29 is 38.0 Å². The van der Waals surface area contributed by atoms with Crippen LogP contribution in [0.25, 0.3) is 21.5 Å². The molecule has 0 amide bonds. The topological polar surface area (TPSA) is 89.5 Å². The van der Waals surface area contributed by atoms with Gasteiger partial charge in [0.1, 0.15) is 24.7 Å². The van der Waals surface area contributed by atoms with Gasteiger partial charge in [-0.25, -0.2) is 0 Å². The Morgan fingerprint density at radius 2 is 0.885 bits per heavy atom. The maximum atomic E-state index is 12.8. The fraction of sp³-hybridized carbons (Fsp3) is 0.636. The van der Waals surface area contributed by atoms with Gasteiger partial charge in [-0.05, 0) is 51.7 Å². The van der Waals surface area contributed by atoms with Crippen LogP contribution in [-0.4, -0.2) is 63.8 Å². The molecule has 0 aliphatic carbocycles. The van der Waals surface area contributed by atoms with Crippen molar-refractivity contribution in [2.75, 3.05) is 39.6 Å². The molecule has 2 atom stereocenters. The van der Waals surface area contributed by atoms with E-state index in [9.17, 15) is 9.59 Å². The summed E-state index contributed by atoms with van der Waals surface area (Å²) < 4.78 is 37.1. The lowest BCUT2D eigenvalue weighted by molar-refractivity contribution is -0.155. The molecule has 3 aromatic rings. The number of benzene rings is 3. The van der Waals surface area contributed by atoms with E-state index in [1.54, 1.807) is 0 Å². The number of esters is 2. The van der Waals surface area contributed by atoms with Crippen LogP contribution < -0.4 is 9.47 Å². The summed E-state index contributed by atoms with van der Waals surface area (Å²) in [5.74, 6) is 0.965. The van der Waals surface area contributed by atoms with Gasteiger partial charge < -0.3 is 28.4 Å². The second kappa shape index (κ2) is 24.8. The molecular formula is C44H66O8. The number of aryl methyl sites for hydroxylation is 2. The molecule has 0 heterocycles. The average Bonchev–Trinajstić information content (AvgIpc) is 3.12. The lowest BCUT2D eigenvalue weighted by Crippen LogP contribution is -2.30. The first kappa shape index (κ1) is 43.0. The number of ether oxygens (including phenoxy) is 6. The first-order chi connectivity index (χ1) is 25.3. The van der Waals surface area contributed by atoms with Crippen LogP contribution in [0.3, 0.4) is 0 Å². The third kappa shape index (κ3) is 14.9. The smallest absolute Gasteiger partial charge is 0.306 e. The highest BCUT2D eigenvalue weighted by Crippen LogP contribution is 2.43. The quantitative estimate of drug-likeness (QED) is 0.0416. The summed E-state index contributed by atoms with van der Waals surface area (Å²) in [4.78, 5) is 25.6. The van der Waals surface area contributed by atoms with Crippen molar-refractivity contribution in [1.29, 1.82) is 0 Å². The van der Waals surface area contributed by atoms with Gasteiger partial charge in [0.25, 0.3) is 0 Å². The van der Waals surface area contributed by atoms with Crippen molar-refractivity contribution in [1.82, 2.24) is 0 Å². The Labute approximate surface area is 313 Å². The standard InChI is InChI=1S/C44H66O8/c1-7-11-15-19-41(45)51-35(29-47-25-17-13-9-3)31-49-43-37-23-21-34(6)28-40(37)44(38-24-22-33(5)27-39(38)43)50-32-36(30-48-26-18-14-10-4)52-42(46)20-16-12-8-2/h21-24,27-28,35-36H,7-20,25-26,29-32H2,1-6H3. The SMILES string of the molecule is CCCCCOCC(COc1c2ccc(C)cc2c(OCC(COCCCCC)OC(=O)CCCCC)c2ccc(C)cc12)OC(=O)CCCCC. The third-order valence-electron chi connectivity index (χ3n) is 9.11. The maximum absolute atomic E-state index is 12.8. The molecule has 0 saturated heterocycles. The lowest BCUT2D eigenvalue weighted by Gasteiger charge is -2.23. The molecule has 0 fully saturated rings. The van der Waals surface area contributed by atoms with E-state index in [0.717, 1.165) is 110 Å². The Morgan fingerprint density at radius 1 is 0.500 bits per heavy atom. The Balaban J connectivity index is 1.92. The van der Waals surface area contributed by atoms with Crippen LogP contribution in [0.1, 0.15) is 129 Å². The summed E-state index contributed by atoms with van der Waals surface area (Å²) in [7, 11) is 0. The molecule has 3 aromatic carbocycles. The monoisotopic (exact) mass is 722 g/mol. The van der Waals surface area contributed by atoms with Gasteiger partial charge in [0.2, 0.25) is 0 Å². The molecule has 3 rings (SSSR count). The zero-order chi connectivity index (χ0) is 37.6. The molecule has 0 spiro atoms. The highest BCUT2D eigenvalue weighted by molar-refractivity contribution is 6.11. The molecule has 0 saturated carbocycles. The fourth-order valence-electron chi connectivity index (χ4n) is 6.14. The Bertz CT molecular complexity index is 1370. The van der Waals surface area contributed by atoms with Gasteiger partial charge in [0.05, 0.1) is 13.2 Å². The Hall–Kier alpha value is -3.36. The molecule has 0 aliphatic heterocycles. The number of unbranched alkanes of at least 4 members (excludes halogenated alkanes) is 8. The van der Waals surface area contributed by atoms with Crippen molar-refractivity contribution >= 4 is 33.5 Å². The number of hydrogen-bond donors (Lipinski definition) is 0. The molecule has 2 unspecified atom stereocenters. The van der Waals surface area contributed by atoms with E-state index in [0.29, 0.717) is 37.6 Å². The highest BCUT2D eigenvalue weighted by Gasteiger charge is 2.23. The number of carbonyl (C=O) groups excluding carboxylic acids is 2. The molecule has 52 heavy (non-hydrogen) atoms. The Kier molecular flexibility index (Phi) is 20.5. The van der Waals surface area contributed by atoms with Crippen molar-refractivity contribution in [2.24, 2.45) is 0 Å². The van der Waals surface area contributed by atoms with E-state index < -0.39 is 12.2 Å². The first-order valence-electron chi connectivity index (χ1n) is 20.1. The molecule has 290 valence electrons. The van der Waals surface area contributed by atoms with E-state index in [2.05, 4.69) is 77.9 Å². The summed E-state index contributed by atoms with van der Waals surface area (Å²) in [6, 6.07) is 12.5. The molecule has 8 nitrogen and oxygen atoms in total. The van der Waals surface area contributed by atoms with E-state index >= 15 is 0 Å². The zero-order valence-corrected chi connectivity index (χ0v) is 33.0. The van der Waals surface area contributed by atoms with Gasteiger partial charge >= 0.3 is 11.9 Å². The molecule has 8 heteroatoms. The molecule has 0 N–H and O–H groups in total. The van der Waals surface area contributed by atoms with Gasteiger partial charge in [-0.1, -0.05) is 114 Å². The maximum Gasteiger partial charge on any atom is 0.306 e. The van der Waals surface area contributed by atoms with Crippen LogP contribution in [0.15, 0.2) is 36.4 Å². The lowest BCUT2D eigenvalue weighted by atomic mass is 9.97. The van der Waals surface area contributed by atoms with Gasteiger partial charge in [-0.2, -0.15) is 0 Å². The van der Waals surface area contributed by atoms with Crippen LogP contribution in [0.4, 0.5) is 0 Å². The number of carbonyl (C=O) groups is 2. The van der Waals surface area contributed by atoms with Crippen molar-refractivity contribution in [3.05, 3.63) is 47.5 Å². The second-order valence-corrected chi connectivity index (χ2v) is 14.1.